The van der Waals surface area contributed by atoms with Gasteiger partial charge in [0.05, 0.1) is 25.6 Å². The van der Waals surface area contributed by atoms with E-state index in [0.717, 1.165) is 5.56 Å². The van der Waals surface area contributed by atoms with Gasteiger partial charge in [-0.25, -0.2) is 4.98 Å². The molecule has 1 aliphatic rings. The van der Waals surface area contributed by atoms with Gasteiger partial charge in [0.2, 0.25) is 11.8 Å². The van der Waals surface area contributed by atoms with Crippen LogP contribution in [0.1, 0.15) is 40.3 Å². The lowest BCUT2D eigenvalue weighted by Crippen LogP contribution is -2.50. The van der Waals surface area contributed by atoms with Crippen molar-refractivity contribution >= 4 is 17.7 Å². The maximum atomic E-state index is 13.8. The van der Waals surface area contributed by atoms with Crippen molar-refractivity contribution in [3.63, 3.8) is 0 Å². The molecule has 3 atom stereocenters. The molecule has 41 heavy (non-hydrogen) atoms. The van der Waals surface area contributed by atoms with Gasteiger partial charge < -0.3 is 24.5 Å². The first kappa shape index (κ1) is 29.7. The summed E-state index contributed by atoms with van der Waals surface area (Å²) >= 11 is 0. The van der Waals surface area contributed by atoms with E-state index in [1.54, 1.807) is 80.6 Å². The first-order valence-electron chi connectivity index (χ1n) is 13.6. The van der Waals surface area contributed by atoms with Gasteiger partial charge in [-0.2, -0.15) is 0 Å². The molecule has 3 aromatic rings. The van der Waals surface area contributed by atoms with E-state index in [9.17, 15) is 19.5 Å². The van der Waals surface area contributed by atoms with Crippen molar-refractivity contribution in [3.05, 3.63) is 77.7 Å². The zero-order valence-corrected chi connectivity index (χ0v) is 24.2. The molecule has 0 saturated heterocycles. The zero-order chi connectivity index (χ0) is 29.7. The number of nitrogens with zero attached hydrogens (tertiary/aromatic N) is 5. The highest BCUT2D eigenvalue weighted by Gasteiger charge is 2.35. The number of hydrogen-bond acceptors (Lipinski definition) is 7. The lowest BCUT2D eigenvalue weighted by Gasteiger charge is -2.37. The number of fused-ring (bicyclic) bond motifs is 1. The Balaban J connectivity index is 1.66. The number of ether oxygens (including phenoxy) is 1. The van der Waals surface area contributed by atoms with Gasteiger partial charge in [0.1, 0.15) is 11.7 Å². The molecule has 0 bridgehead atoms. The summed E-state index contributed by atoms with van der Waals surface area (Å²) in [5.41, 5.74) is 2.84. The molecule has 0 spiro atoms. The molecule has 3 heterocycles. The number of rotatable bonds is 8. The number of benzene rings is 1. The summed E-state index contributed by atoms with van der Waals surface area (Å²) < 4.78 is 6.35. The third kappa shape index (κ3) is 6.89. The molecule has 1 N–H and O–H groups in total. The van der Waals surface area contributed by atoms with Crippen molar-refractivity contribution in [3.8, 4) is 17.0 Å². The van der Waals surface area contributed by atoms with Crippen LogP contribution in [-0.4, -0.2) is 100 Å². The van der Waals surface area contributed by atoms with Gasteiger partial charge in [-0.05, 0) is 42.8 Å². The molecular weight excluding hydrogens is 522 g/mol. The maximum absolute atomic E-state index is 13.8. The van der Waals surface area contributed by atoms with Crippen LogP contribution in [0.3, 0.4) is 0 Å². The van der Waals surface area contributed by atoms with Gasteiger partial charge in [0.15, 0.2) is 0 Å². The van der Waals surface area contributed by atoms with Gasteiger partial charge in [-0.1, -0.05) is 25.1 Å². The fourth-order valence-corrected chi connectivity index (χ4v) is 4.73. The van der Waals surface area contributed by atoms with Gasteiger partial charge in [0.25, 0.3) is 11.8 Å². The van der Waals surface area contributed by atoms with E-state index < -0.39 is 12.1 Å². The Kier molecular flexibility index (Phi) is 9.34. The van der Waals surface area contributed by atoms with E-state index in [1.807, 2.05) is 25.1 Å². The highest BCUT2D eigenvalue weighted by Crippen LogP contribution is 2.31. The lowest BCUT2D eigenvalue weighted by molar-refractivity contribution is -0.130. The molecule has 10 heteroatoms. The highest BCUT2D eigenvalue weighted by atomic mass is 16.5. The average Bonchev–Trinajstić information content (AvgIpc) is 2.98. The summed E-state index contributed by atoms with van der Waals surface area (Å²) in [5.74, 6) is -0.542. The van der Waals surface area contributed by atoms with Crippen LogP contribution in [0.5, 0.6) is 5.88 Å². The molecule has 3 amide bonds. The minimum Gasteiger partial charge on any atom is -0.472 e. The van der Waals surface area contributed by atoms with Crippen LogP contribution < -0.4 is 4.74 Å². The fourth-order valence-electron chi connectivity index (χ4n) is 4.73. The Bertz CT molecular complexity index is 1400. The molecule has 0 aliphatic carbocycles. The Morgan fingerprint density at radius 2 is 1.88 bits per heavy atom. The number of likely N-dealkylation sites (N-methyl/N-ethyl adjacent to an activating group) is 1. The van der Waals surface area contributed by atoms with Crippen LogP contribution in [0.2, 0.25) is 0 Å². The van der Waals surface area contributed by atoms with E-state index in [2.05, 4.69) is 9.97 Å². The van der Waals surface area contributed by atoms with Gasteiger partial charge in [-0.3, -0.25) is 19.4 Å². The number of carbonyl (C=O) groups excluding carboxylic acids is 3. The predicted octanol–water partition coefficient (Wildman–Crippen LogP) is 2.77. The Morgan fingerprint density at radius 3 is 2.56 bits per heavy atom. The minimum atomic E-state index is -0.465. The second-order valence-corrected chi connectivity index (χ2v) is 10.8. The van der Waals surface area contributed by atoms with Crippen LogP contribution in [-0.2, 0) is 11.2 Å². The van der Waals surface area contributed by atoms with Crippen molar-refractivity contribution < 1.29 is 24.2 Å². The predicted molar refractivity (Wildman–Crippen MR) is 154 cm³/mol. The lowest BCUT2D eigenvalue weighted by atomic mass is 9.98. The smallest absolute Gasteiger partial charge is 0.259 e. The number of pyridine rings is 2. The summed E-state index contributed by atoms with van der Waals surface area (Å²) in [4.78, 5) is 52.8. The first-order valence-corrected chi connectivity index (χ1v) is 13.6. The summed E-state index contributed by atoms with van der Waals surface area (Å²) in [6.45, 7) is 4.14. The van der Waals surface area contributed by atoms with Crippen molar-refractivity contribution in [2.75, 3.05) is 40.8 Å². The summed E-state index contributed by atoms with van der Waals surface area (Å²) in [6, 6.07) is 13.9. The topological polar surface area (TPSA) is 116 Å². The maximum Gasteiger partial charge on any atom is 0.259 e. The Morgan fingerprint density at radius 1 is 1.10 bits per heavy atom. The number of aliphatic hydroxyl groups is 1. The molecule has 0 saturated carbocycles. The van der Waals surface area contributed by atoms with Crippen molar-refractivity contribution in [2.45, 2.75) is 32.4 Å². The van der Waals surface area contributed by atoms with Crippen molar-refractivity contribution in [2.24, 2.45) is 5.92 Å². The second kappa shape index (κ2) is 12.9. The third-order valence-electron chi connectivity index (χ3n) is 7.31. The molecule has 10 nitrogen and oxygen atoms in total. The molecule has 0 unspecified atom stereocenters. The van der Waals surface area contributed by atoms with Crippen molar-refractivity contribution in [1.29, 1.82) is 0 Å². The molecule has 2 aromatic heterocycles. The minimum absolute atomic E-state index is 0.103. The number of aromatic nitrogens is 2. The Labute approximate surface area is 240 Å². The van der Waals surface area contributed by atoms with E-state index in [1.165, 1.54) is 4.90 Å². The van der Waals surface area contributed by atoms with Crippen LogP contribution in [0.4, 0.5) is 0 Å². The van der Waals surface area contributed by atoms with Crippen LogP contribution in [0.15, 0.2) is 60.9 Å². The van der Waals surface area contributed by atoms with E-state index >= 15 is 0 Å². The van der Waals surface area contributed by atoms with Gasteiger partial charge >= 0.3 is 0 Å². The second-order valence-electron chi connectivity index (χ2n) is 10.8. The van der Waals surface area contributed by atoms with Crippen LogP contribution >= 0.6 is 0 Å². The van der Waals surface area contributed by atoms with Crippen molar-refractivity contribution in [1.82, 2.24) is 24.7 Å². The molecule has 1 aliphatic heterocycles. The average molecular weight is 560 g/mol. The van der Waals surface area contributed by atoms with Crippen LogP contribution in [0.25, 0.3) is 11.1 Å². The molecule has 0 radical (unpaired) electrons. The quantitative estimate of drug-likeness (QED) is 0.451. The van der Waals surface area contributed by atoms with E-state index in [0.29, 0.717) is 23.4 Å². The molecule has 4 rings (SSSR count). The highest BCUT2D eigenvalue weighted by molar-refractivity contribution is 5.98. The first-order chi connectivity index (χ1) is 19.6. The summed E-state index contributed by atoms with van der Waals surface area (Å²) in [7, 11) is 5.10. The molecule has 0 fully saturated rings. The Hall–Kier alpha value is -4.31. The molecule has 1 aromatic carbocycles. The standard InChI is InChI=1S/C31H37N5O5/c1-20-17-36(21(2)19-37)31(40)26-14-24(22-9-8-10-23(13-22)30(39)34(3)4)16-33-29(26)41-27(20)18-35(5)28(38)15-25-11-6-7-12-32-25/h6-14,16,20-21,27,37H,15,17-19H2,1-5H3/t20-,21-,27+/m0/s1. The number of carbonyl (C=O) groups is 3. The van der Waals surface area contributed by atoms with Gasteiger partial charge in [0, 0.05) is 62.8 Å². The number of aliphatic hydroxyl groups excluding tert-OH is 1. The van der Waals surface area contributed by atoms with E-state index in [4.69, 9.17) is 4.74 Å². The van der Waals surface area contributed by atoms with Crippen LogP contribution in [0, 0.1) is 5.92 Å². The normalized spacial score (nSPS) is 17.5. The number of amides is 3. The third-order valence-corrected chi connectivity index (χ3v) is 7.31. The molecule has 216 valence electrons. The summed E-state index contributed by atoms with van der Waals surface area (Å²) in [6.07, 6.45) is 2.97. The molecular formula is C31H37N5O5. The fraction of sp³-hybridized carbons (Fsp3) is 0.387. The van der Waals surface area contributed by atoms with Gasteiger partial charge in [-0.15, -0.1) is 0 Å². The summed E-state index contributed by atoms with van der Waals surface area (Å²) in [5, 5.41) is 9.95. The van der Waals surface area contributed by atoms with E-state index in [-0.39, 0.29) is 54.7 Å². The number of hydrogen-bond donors (Lipinski definition) is 1. The largest absolute Gasteiger partial charge is 0.472 e. The SMILES string of the molecule is C[C@H]1CN([C@@H](C)CO)C(=O)c2cc(-c3cccc(C(=O)N(C)C)c3)cnc2O[C@@H]1CN(C)C(=O)Cc1ccccn1. The monoisotopic (exact) mass is 559 g/mol. The zero-order valence-electron chi connectivity index (χ0n) is 24.2.